The Kier molecular flexibility index (Phi) is 4.31. The zero-order chi connectivity index (χ0) is 12.2. The van der Waals surface area contributed by atoms with Crippen LogP contribution in [0.4, 0.5) is 0 Å². The van der Waals surface area contributed by atoms with E-state index >= 15 is 0 Å². The molecule has 0 fully saturated rings. The second-order valence-electron chi connectivity index (χ2n) is 3.76. The molecule has 0 amide bonds. The fraction of sp³-hybridized carbons (Fsp3) is 0.667. The molecular formula is C9H17N3O3S. The number of hydrogen-bond acceptors (Lipinski definition) is 4. The maximum Gasteiger partial charge on any atom is 0.209 e. The Labute approximate surface area is 95.4 Å². The Balaban J connectivity index is 2.46. The zero-order valence-electron chi connectivity index (χ0n) is 9.46. The average molecular weight is 247 g/mol. The molecule has 0 saturated carbocycles. The van der Waals surface area contributed by atoms with E-state index < -0.39 is 10.0 Å². The van der Waals surface area contributed by atoms with Crippen molar-refractivity contribution in [2.24, 2.45) is 18.1 Å². The molecule has 1 rings (SSSR count). The molecule has 6 nitrogen and oxygen atoms in total. The Hall–Kier alpha value is -1.08. The predicted molar refractivity (Wildman–Crippen MR) is 60.5 cm³/mol. The maximum absolute atomic E-state index is 10.9. The number of primary sulfonamides is 1. The smallest absolute Gasteiger partial charge is 0.209 e. The normalized spacial score (nSPS) is 13.7. The molecule has 0 aromatic carbocycles. The number of aryl methyl sites for hydroxylation is 1. The number of nitrogens with zero attached hydrogens (tertiary/aromatic N) is 2. The van der Waals surface area contributed by atoms with E-state index in [2.05, 4.69) is 5.10 Å². The third kappa shape index (κ3) is 4.63. The minimum absolute atomic E-state index is 0.0518. The van der Waals surface area contributed by atoms with E-state index in [1.165, 1.54) is 0 Å². The molecule has 1 unspecified atom stereocenters. The van der Waals surface area contributed by atoms with Crippen LogP contribution in [-0.4, -0.2) is 30.6 Å². The molecule has 0 radical (unpaired) electrons. The maximum atomic E-state index is 10.9. The van der Waals surface area contributed by atoms with Crippen LogP contribution in [0.5, 0.6) is 5.75 Å². The van der Waals surface area contributed by atoms with Crippen LogP contribution in [0.3, 0.4) is 0 Å². The van der Waals surface area contributed by atoms with Gasteiger partial charge in [-0.15, -0.1) is 0 Å². The summed E-state index contributed by atoms with van der Waals surface area (Å²) in [6, 6.07) is 0. The van der Waals surface area contributed by atoms with E-state index in [4.69, 9.17) is 9.88 Å². The fourth-order valence-electron chi connectivity index (χ4n) is 1.30. The van der Waals surface area contributed by atoms with E-state index in [0.717, 1.165) is 0 Å². The quantitative estimate of drug-likeness (QED) is 0.773. The van der Waals surface area contributed by atoms with Crippen molar-refractivity contribution in [1.82, 2.24) is 9.78 Å². The second-order valence-corrected chi connectivity index (χ2v) is 5.42. The van der Waals surface area contributed by atoms with Gasteiger partial charge in [-0.25, -0.2) is 13.6 Å². The molecule has 0 saturated heterocycles. The highest BCUT2D eigenvalue weighted by Gasteiger charge is 2.15. The van der Waals surface area contributed by atoms with Crippen molar-refractivity contribution >= 4 is 10.0 Å². The Morgan fingerprint density at radius 2 is 2.31 bits per heavy atom. The number of rotatable bonds is 6. The number of ether oxygens (including phenoxy) is 1. The Morgan fingerprint density at radius 3 is 2.75 bits per heavy atom. The lowest BCUT2D eigenvalue weighted by atomic mass is 10.1. The summed E-state index contributed by atoms with van der Waals surface area (Å²) in [6.45, 7) is 2.24. The van der Waals surface area contributed by atoms with Gasteiger partial charge in [0.2, 0.25) is 10.0 Å². The molecule has 92 valence electrons. The van der Waals surface area contributed by atoms with Crippen molar-refractivity contribution in [1.29, 1.82) is 0 Å². The van der Waals surface area contributed by atoms with Crippen molar-refractivity contribution < 1.29 is 13.2 Å². The average Bonchev–Trinajstić information content (AvgIpc) is 2.57. The molecule has 2 N–H and O–H groups in total. The topological polar surface area (TPSA) is 87.2 Å². The first-order chi connectivity index (χ1) is 7.40. The molecule has 0 aliphatic heterocycles. The fourth-order valence-corrected chi connectivity index (χ4v) is 2.29. The van der Waals surface area contributed by atoms with Crippen LogP contribution in [0.1, 0.15) is 13.3 Å². The molecule has 1 aromatic rings. The summed E-state index contributed by atoms with van der Waals surface area (Å²) in [5, 5.41) is 8.93. The summed E-state index contributed by atoms with van der Waals surface area (Å²) in [5.74, 6) is 0.495. The van der Waals surface area contributed by atoms with Crippen LogP contribution in [0, 0.1) is 5.92 Å². The highest BCUT2D eigenvalue weighted by atomic mass is 32.2. The van der Waals surface area contributed by atoms with Gasteiger partial charge in [0, 0.05) is 13.0 Å². The summed E-state index contributed by atoms with van der Waals surface area (Å²) in [6.07, 6.45) is 4.02. The SMILES string of the molecule is CCC(COc1cnn(C)c1)CS(N)(=O)=O. The molecule has 0 aliphatic carbocycles. The lowest BCUT2D eigenvalue weighted by molar-refractivity contribution is 0.257. The van der Waals surface area contributed by atoms with Gasteiger partial charge in [-0.3, -0.25) is 4.68 Å². The summed E-state index contributed by atoms with van der Waals surface area (Å²) in [7, 11) is -1.65. The van der Waals surface area contributed by atoms with Gasteiger partial charge in [0.1, 0.15) is 0 Å². The molecule has 1 atom stereocenters. The summed E-state index contributed by atoms with van der Waals surface area (Å²) < 4.78 is 28.9. The first-order valence-electron chi connectivity index (χ1n) is 5.02. The van der Waals surface area contributed by atoms with E-state index in [1.807, 2.05) is 6.92 Å². The van der Waals surface area contributed by atoms with E-state index in [-0.39, 0.29) is 11.7 Å². The lowest BCUT2D eigenvalue weighted by Gasteiger charge is -2.13. The van der Waals surface area contributed by atoms with Crippen LogP contribution < -0.4 is 9.88 Å². The largest absolute Gasteiger partial charge is 0.490 e. The Morgan fingerprint density at radius 1 is 1.62 bits per heavy atom. The van der Waals surface area contributed by atoms with Gasteiger partial charge in [-0.2, -0.15) is 5.10 Å². The summed E-state index contributed by atoms with van der Waals surface area (Å²) >= 11 is 0. The summed E-state index contributed by atoms with van der Waals surface area (Å²) in [5.41, 5.74) is 0. The Bertz CT molecular complexity index is 427. The first-order valence-corrected chi connectivity index (χ1v) is 6.74. The molecule has 16 heavy (non-hydrogen) atoms. The molecule has 0 spiro atoms. The predicted octanol–water partition coefficient (Wildman–Crippen LogP) is 0.114. The van der Waals surface area contributed by atoms with E-state index in [1.54, 1.807) is 24.1 Å². The van der Waals surface area contributed by atoms with Crippen molar-refractivity contribution in [3.05, 3.63) is 12.4 Å². The van der Waals surface area contributed by atoms with Crippen LogP contribution in [0.2, 0.25) is 0 Å². The van der Waals surface area contributed by atoms with Gasteiger partial charge in [0.15, 0.2) is 5.75 Å². The zero-order valence-corrected chi connectivity index (χ0v) is 10.3. The van der Waals surface area contributed by atoms with Crippen LogP contribution >= 0.6 is 0 Å². The number of nitrogens with two attached hydrogens (primary N) is 1. The van der Waals surface area contributed by atoms with Gasteiger partial charge < -0.3 is 4.74 Å². The highest BCUT2D eigenvalue weighted by molar-refractivity contribution is 7.89. The first kappa shape index (κ1) is 13.0. The number of sulfonamides is 1. The van der Waals surface area contributed by atoms with Gasteiger partial charge >= 0.3 is 0 Å². The van der Waals surface area contributed by atoms with Crippen molar-refractivity contribution in [2.45, 2.75) is 13.3 Å². The van der Waals surface area contributed by atoms with Gasteiger partial charge in [-0.05, 0) is 6.42 Å². The lowest BCUT2D eigenvalue weighted by Crippen LogP contribution is -2.26. The van der Waals surface area contributed by atoms with Crippen LogP contribution in [-0.2, 0) is 17.1 Å². The van der Waals surface area contributed by atoms with Crippen molar-refractivity contribution in [3.63, 3.8) is 0 Å². The van der Waals surface area contributed by atoms with Crippen LogP contribution in [0.25, 0.3) is 0 Å². The highest BCUT2D eigenvalue weighted by Crippen LogP contribution is 2.11. The van der Waals surface area contributed by atoms with Gasteiger partial charge in [-0.1, -0.05) is 6.92 Å². The molecular weight excluding hydrogens is 230 g/mol. The van der Waals surface area contributed by atoms with Crippen LogP contribution in [0.15, 0.2) is 12.4 Å². The molecule has 7 heteroatoms. The summed E-state index contributed by atoms with van der Waals surface area (Å²) in [4.78, 5) is 0. The van der Waals surface area contributed by atoms with E-state index in [0.29, 0.717) is 18.8 Å². The van der Waals surface area contributed by atoms with Crippen molar-refractivity contribution in [3.8, 4) is 5.75 Å². The molecule has 0 aliphatic rings. The van der Waals surface area contributed by atoms with E-state index in [9.17, 15) is 8.42 Å². The number of hydrogen-bond donors (Lipinski definition) is 1. The minimum Gasteiger partial charge on any atom is -0.490 e. The van der Waals surface area contributed by atoms with Gasteiger partial charge in [0.05, 0.1) is 24.8 Å². The molecule has 1 aromatic heterocycles. The number of aromatic nitrogens is 2. The standard InChI is InChI=1S/C9H17N3O3S/c1-3-8(7-16(10,13)14)6-15-9-4-11-12(2)5-9/h4-5,8H,3,6-7H2,1-2H3,(H2,10,13,14). The van der Waals surface area contributed by atoms with Crippen molar-refractivity contribution in [2.75, 3.05) is 12.4 Å². The molecule has 0 bridgehead atoms. The minimum atomic E-state index is -3.44. The molecule has 1 heterocycles. The monoisotopic (exact) mass is 247 g/mol. The third-order valence-electron chi connectivity index (χ3n) is 2.21. The second kappa shape index (κ2) is 5.31. The van der Waals surface area contributed by atoms with Gasteiger partial charge in [0.25, 0.3) is 0 Å². The third-order valence-corrected chi connectivity index (χ3v) is 3.15.